The summed E-state index contributed by atoms with van der Waals surface area (Å²) in [6.45, 7) is 9.07. The topological polar surface area (TPSA) is 78.5 Å². The van der Waals surface area contributed by atoms with Gasteiger partial charge in [-0.05, 0) is 56.2 Å². The fourth-order valence-corrected chi connectivity index (χ4v) is 5.15. The van der Waals surface area contributed by atoms with Crippen LogP contribution in [0.2, 0.25) is 0 Å². The van der Waals surface area contributed by atoms with E-state index in [1.165, 1.54) is 17.1 Å². The molecule has 0 heterocycles. The number of amides is 1. The second-order valence-electron chi connectivity index (χ2n) is 7.79. The third-order valence-corrected chi connectivity index (χ3v) is 7.74. The lowest BCUT2D eigenvalue weighted by Gasteiger charge is -2.27. The first-order valence-electron chi connectivity index (χ1n) is 10.4. The molecule has 0 spiro atoms. The molecular formula is C21H35N3O3S. The molecule has 1 atom stereocenters. The molecule has 1 aromatic rings. The molecule has 0 aromatic heterocycles. The summed E-state index contributed by atoms with van der Waals surface area (Å²) in [5.74, 6) is 0.784. The van der Waals surface area contributed by atoms with Gasteiger partial charge in [-0.3, -0.25) is 4.79 Å². The van der Waals surface area contributed by atoms with Crippen molar-refractivity contribution in [3.8, 4) is 0 Å². The van der Waals surface area contributed by atoms with Crippen LogP contribution in [0.25, 0.3) is 0 Å². The molecule has 1 amide bonds. The quantitative estimate of drug-likeness (QED) is 0.657. The first-order valence-corrected chi connectivity index (χ1v) is 11.8. The Balaban J connectivity index is 1.87. The average molecular weight is 410 g/mol. The Morgan fingerprint density at radius 2 is 1.68 bits per heavy atom. The highest BCUT2D eigenvalue weighted by Crippen LogP contribution is 2.23. The van der Waals surface area contributed by atoms with Crippen molar-refractivity contribution in [2.75, 3.05) is 19.6 Å². The fraction of sp³-hybridized carbons (Fsp3) is 0.667. The summed E-state index contributed by atoms with van der Waals surface area (Å²) in [6.07, 6.45) is 4.48. The maximum atomic E-state index is 12.6. The molecule has 0 bridgehead atoms. The zero-order chi connectivity index (χ0) is 20.7. The third-order valence-electron chi connectivity index (χ3n) is 5.67. The van der Waals surface area contributed by atoms with Crippen LogP contribution in [0.5, 0.6) is 0 Å². The van der Waals surface area contributed by atoms with Crippen LogP contribution < -0.4 is 10.6 Å². The minimum atomic E-state index is -3.44. The number of carbonyl (C=O) groups is 1. The summed E-state index contributed by atoms with van der Waals surface area (Å²) >= 11 is 0. The summed E-state index contributed by atoms with van der Waals surface area (Å²) in [5, 5.41) is 6.34. The van der Waals surface area contributed by atoms with Crippen LogP contribution in [0.3, 0.4) is 0 Å². The molecule has 158 valence electrons. The Morgan fingerprint density at radius 1 is 1.11 bits per heavy atom. The second-order valence-corrected chi connectivity index (χ2v) is 9.72. The van der Waals surface area contributed by atoms with E-state index in [0.29, 0.717) is 24.0 Å². The summed E-state index contributed by atoms with van der Waals surface area (Å²) < 4.78 is 26.6. The first-order chi connectivity index (χ1) is 13.3. The van der Waals surface area contributed by atoms with E-state index in [2.05, 4.69) is 17.6 Å². The molecule has 1 saturated carbocycles. The molecule has 1 aliphatic carbocycles. The molecule has 6 nitrogen and oxygen atoms in total. The molecular weight excluding hydrogens is 374 g/mol. The second kappa shape index (κ2) is 10.4. The molecule has 1 fully saturated rings. The monoisotopic (exact) mass is 409 g/mol. The highest BCUT2D eigenvalue weighted by atomic mass is 32.2. The predicted molar refractivity (Wildman–Crippen MR) is 113 cm³/mol. The first kappa shape index (κ1) is 22.8. The third kappa shape index (κ3) is 6.03. The van der Waals surface area contributed by atoms with Crippen LogP contribution in [0.15, 0.2) is 29.2 Å². The molecule has 28 heavy (non-hydrogen) atoms. The number of sulfonamides is 1. The van der Waals surface area contributed by atoms with Gasteiger partial charge in [0.25, 0.3) is 0 Å². The van der Waals surface area contributed by atoms with Crippen LogP contribution in [0, 0.1) is 5.92 Å². The molecule has 1 aromatic carbocycles. The van der Waals surface area contributed by atoms with Crippen molar-refractivity contribution in [2.24, 2.45) is 5.92 Å². The van der Waals surface area contributed by atoms with Gasteiger partial charge in [-0.1, -0.05) is 32.9 Å². The zero-order valence-electron chi connectivity index (χ0n) is 17.6. The van der Waals surface area contributed by atoms with Gasteiger partial charge in [0, 0.05) is 25.2 Å². The number of nitrogens with zero attached hydrogens (tertiary/aromatic N) is 1. The molecule has 2 rings (SSSR count). The molecule has 0 saturated heterocycles. The minimum Gasteiger partial charge on any atom is -0.352 e. The van der Waals surface area contributed by atoms with E-state index < -0.39 is 10.0 Å². The molecule has 7 heteroatoms. The maximum absolute atomic E-state index is 12.6. The van der Waals surface area contributed by atoms with Gasteiger partial charge in [-0.2, -0.15) is 4.31 Å². The molecule has 0 aliphatic heterocycles. The standard InChI is InChI=1S/C21H35N3O3S/c1-5-24(6-2)28(26,27)20-13-9-18(10-14-20)17(4)22-15-21(25)23-19-11-7-16(3)8-12-19/h9-10,13-14,16-17,19,22H,5-8,11-12,15H2,1-4H3,(H,23,25)/t16?,17-,19?/m1/s1. The van der Waals surface area contributed by atoms with Crippen molar-refractivity contribution >= 4 is 15.9 Å². The van der Waals surface area contributed by atoms with Crippen LogP contribution >= 0.6 is 0 Å². The summed E-state index contributed by atoms with van der Waals surface area (Å²) in [7, 11) is -3.44. The normalized spacial score (nSPS) is 21.5. The maximum Gasteiger partial charge on any atom is 0.243 e. The van der Waals surface area contributed by atoms with Gasteiger partial charge in [-0.25, -0.2) is 8.42 Å². The van der Waals surface area contributed by atoms with Crippen molar-refractivity contribution in [2.45, 2.75) is 70.4 Å². The van der Waals surface area contributed by atoms with E-state index in [4.69, 9.17) is 0 Å². The van der Waals surface area contributed by atoms with E-state index in [-0.39, 0.29) is 18.5 Å². The van der Waals surface area contributed by atoms with Crippen molar-refractivity contribution in [3.63, 3.8) is 0 Å². The van der Waals surface area contributed by atoms with Gasteiger partial charge < -0.3 is 10.6 Å². The minimum absolute atomic E-state index is 0.0205. The van der Waals surface area contributed by atoms with Gasteiger partial charge in [0.05, 0.1) is 11.4 Å². The number of hydrogen-bond acceptors (Lipinski definition) is 4. The van der Waals surface area contributed by atoms with E-state index in [0.717, 1.165) is 24.3 Å². The molecule has 2 N–H and O–H groups in total. The van der Waals surface area contributed by atoms with Gasteiger partial charge in [0.15, 0.2) is 0 Å². The van der Waals surface area contributed by atoms with Crippen LogP contribution in [0.4, 0.5) is 0 Å². The van der Waals surface area contributed by atoms with Crippen LogP contribution in [-0.2, 0) is 14.8 Å². The largest absolute Gasteiger partial charge is 0.352 e. The van der Waals surface area contributed by atoms with Crippen molar-refractivity contribution in [1.82, 2.24) is 14.9 Å². The smallest absolute Gasteiger partial charge is 0.243 e. The Labute approximate surface area is 170 Å². The highest BCUT2D eigenvalue weighted by Gasteiger charge is 2.22. The SMILES string of the molecule is CCN(CC)S(=O)(=O)c1ccc([C@@H](C)NCC(=O)NC2CCC(C)CC2)cc1. The van der Waals surface area contributed by atoms with Gasteiger partial charge in [0.2, 0.25) is 15.9 Å². The number of benzene rings is 1. The molecule has 1 aliphatic rings. The lowest BCUT2D eigenvalue weighted by Crippen LogP contribution is -2.42. The van der Waals surface area contributed by atoms with Gasteiger partial charge >= 0.3 is 0 Å². The Bertz CT molecular complexity index is 722. The van der Waals surface area contributed by atoms with Crippen LogP contribution in [0.1, 0.15) is 65.0 Å². The number of rotatable bonds is 9. The number of nitrogens with one attached hydrogen (secondary N) is 2. The van der Waals surface area contributed by atoms with E-state index >= 15 is 0 Å². The fourth-order valence-electron chi connectivity index (χ4n) is 3.69. The van der Waals surface area contributed by atoms with E-state index in [9.17, 15) is 13.2 Å². The predicted octanol–water partition coefficient (Wildman–Crippen LogP) is 3.06. The van der Waals surface area contributed by atoms with E-state index in [1.807, 2.05) is 32.9 Å². The van der Waals surface area contributed by atoms with Gasteiger partial charge in [0.1, 0.15) is 0 Å². The van der Waals surface area contributed by atoms with Crippen molar-refractivity contribution in [3.05, 3.63) is 29.8 Å². The lowest BCUT2D eigenvalue weighted by molar-refractivity contribution is -0.121. The van der Waals surface area contributed by atoms with Crippen molar-refractivity contribution < 1.29 is 13.2 Å². The summed E-state index contributed by atoms with van der Waals surface area (Å²) in [4.78, 5) is 12.5. The Hall–Kier alpha value is -1.44. The Morgan fingerprint density at radius 3 is 2.21 bits per heavy atom. The number of hydrogen-bond donors (Lipinski definition) is 2. The lowest BCUT2D eigenvalue weighted by atomic mass is 9.87. The zero-order valence-corrected chi connectivity index (χ0v) is 18.4. The molecule has 0 unspecified atom stereocenters. The molecule has 0 radical (unpaired) electrons. The average Bonchev–Trinajstić information content (AvgIpc) is 2.68. The van der Waals surface area contributed by atoms with Gasteiger partial charge in [-0.15, -0.1) is 0 Å². The van der Waals surface area contributed by atoms with Crippen molar-refractivity contribution in [1.29, 1.82) is 0 Å². The van der Waals surface area contributed by atoms with E-state index in [1.54, 1.807) is 12.1 Å². The number of carbonyl (C=O) groups excluding carboxylic acids is 1. The Kier molecular flexibility index (Phi) is 8.46. The van der Waals surface area contributed by atoms with Crippen LogP contribution in [-0.4, -0.2) is 44.3 Å². The highest BCUT2D eigenvalue weighted by molar-refractivity contribution is 7.89. The summed E-state index contributed by atoms with van der Waals surface area (Å²) in [6, 6.07) is 7.17. The summed E-state index contributed by atoms with van der Waals surface area (Å²) in [5.41, 5.74) is 0.956.